The Labute approximate surface area is 264 Å². The van der Waals surface area contributed by atoms with E-state index < -0.39 is 17.0 Å². The molecule has 3 aromatic carbocycles. The number of nitrogens with zero attached hydrogens (tertiary/aromatic N) is 2. The molecule has 0 atom stereocenters. The van der Waals surface area contributed by atoms with Crippen LogP contribution in [0.5, 0.6) is 5.75 Å². The van der Waals surface area contributed by atoms with Crippen molar-refractivity contribution in [3.05, 3.63) is 105 Å². The summed E-state index contributed by atoms with van der Waals surface area (Å²) in [6.07, 6.45) is -0.776. The van der Waals surface area contributed by atoms with E-state index >= 15 is 0 Å². The number of anilines is 1. The number of nitrogens with one attached hydrogen (secondary N) is 1. The van der Waals surface area contributed by atoms with Crippen LogP contribution in [-0.2, 0) is 11.3 Å². The smallest absolute Gasteiger partial charge is 0.412 e. The molecule has 45 heavy (non-hydrogen) atoms. The van der Waals surface area contributed by atoms with Crippen LogP contribution in [0.2, 0.25) is 0 Å². The summed E-state index contributed by atoms with van der Waals surface area (Å²) in [6.45, 7) is 5.59. The van der Waals surface area contributed by atoms with Gasteiger partial charge in [0.2, 0.25) is 5.36 Å². The van der Waals surface area contributed by atoms with E-state index in [1.807, 2.05) is 18.2 Å². The molecule has 0 saturated heterocycles. The molecule has 0 bridgehead atoms. The summed E-state index contributed by atoms with van der Waals surface area (Å²) in [5.41, 5.74) is 3.17. The van der Waals surface area contributed by atoms with Crippen molar-refractivity contribution in [3.8, 4) is 28.2 Å². The number of aromatic carboxylic acids is 1. The van der Waals surface area contributed by atoms with E-state index in [9.17, 15) is 24.8 Å². The Morgan fingerprint density at radius 1 is 0.956 bits per heavy atom. The summed E-state index contributed by atoms with van der Waals surface area (Å²) >= 11 is 0. The van der Waals surface area contributed by atoms with E-state index in [0.29, 0.717) is 44.7 Å². The van der Waals surface area contributed by atoms with Gasteiger partial charge in [0, 0.05) is 40.8 Å². The topological polar surface area (TPSA) is 144 Å². The molecule has 0 unspecified atom stereocenters. The maximum Gasteiger partial charge on any atom is 0.412 e. The molecule has 3 aromatic rings. The summed E-state index contributed by atoms with van der Waals surface area (Å²) < 4.78 is 19.5. The Balaban J connectivity index is 0.00000461. The Bertz CT molecular complexity index is 1930. The van der Waals surface area contributed by atoms with E-state index in [-0.39, 0.29) is 36.0 Å². The Kier molecular flexibility index (Phi) is 10.0. The number of amides is 1. The average Bonchev–Trinajstić information content (AvgIpc) is 3.03. The van der Waals surface area contributed by atoms with Gasteiger partial charge in [-0.15, -0.1) is 0 Å². The number of carbonyl (C=O) groups is 2. The maximum absolute atomic E-state index is 12.8. The number of non-ortho nitro benzene ring substituents is 1. The van der Waals surface area contributed by atoms with Crippen LogP contribution in [0.3, 0.4) is 0 Å². The summed E-state index contributed by atoms with van der Waals surface area (Å²) in [5, 5.41) is 25.1. The van der Waals surface area contributed by atoms with Crippen molar-refractivity contribution < 1.29 is 45.9 Å². The van der Waals surface area contributed by atoms with Crippen molar-refractivity contribution in [1.82, 2.24) is 4.58 Å². The Morgan fingerprint density at radius 3 is 2.31 bits per heavy atom. The van der Waals surface area contributed by atoms with Crippen LogP contribution in [-0.4, -0.2) is 42.3 Å². The lowest BCUT2D eigenvalue weighted by Gasteiger charge is -2.18. The van der Waals surface area contributed by atoms with Crippen LogP contribution < -0.4 is 32.4 Å². The summed E-state index contributed by atoms with van der Waals surface area (Å²) in [7, 11) is 1.45. The number of carboxylic acid groups (broad SMARTS) is 1. The molecule has 1 aliphatic heterocycles. The number of carbonyl (C=O) groups excluding carboxylic acids is 1. The van der Waals surface area contributed by atoms with Gasteiger partial charge in [-0.25, -0.2) is 14.2 Å². The molecule has 0 spiro atoms. The van der Waals surface area contributed by atoms with Crippen molar-refractivity contribution in [3.63, 3.8) is 0 Å². The Morgan fingerprint density at radius 2 is 1.67 bits per heavy atom. The van der Waals surface area contributed by atoms with Gasteiger partial charge in [-0.3, -0.25) is 15.4 Å². The molecule has 0 fully saturated rings. The number of fused-ring (bicyclic) bond motifs is 2. The second-order valence-corrected chi connectivity index (χ2v) is 9.85. The molecule has 232 valence electrons. The fraction of sp³-hybridized carbons (Fsp3) is 0.182. The minimum Gasteiger partial charge on any atom is -1.00 e. The second-order valence-electron chi connectivity index (χ2n) is 9.85. The molecule has 0 radical (unpaired) electrons. The largest absolute Gasteiger partial charge is 1.00 e. The van der Waals surface area contributed by atoms with Crippen LogP contribution in [0, 0.1) is 10.1 Å². The van der Waals surface area contributed by atoms with Gasteiger partial charge in [0.25, 0.3) is 5.69 Å². The molecule has 1 amide bonds. The minimum atomic E-state index is -1.07. The van der Waals surface area contributed by atoms with Gasteiger partial charge >= 0.3 is 12.1 Å². The molecule has 5 rings (SSSR count). The molecule has 2 aliphatic rings. The molecule has 1 heterocycles. The molecular weight excluding hydrogens is 602 g/mol. The van der Waals surface area contributed by atoms with Gasteiger partial charge < -0.3 is 31.4 Å². The number of hydrogen-bond acceptors (Lipinski definition) is 7. The number of hydrogen-bond donors (Lipinski definition) is 2. The fourth-order valence-electron chi connectivity index (χ4n) is 5.14. The quantitative estimate of drug-likeness (QED) is 0.109. The lowest BCUT2D eigenvalue weighted by Crippen LogP contribution is -3.00. The number of nitro groups is 1. The SMILES string of the molecule is CC[N+](CC)=c1ccc2c(-c3ccccc3C(=O)O)c3cc(OC)c(NC(=O)OCc4ccc([N+](=O)[O-])cc4)cc3oc-2c1.[Cl-]. The number of nitro benzene ring substituents is 1. The van der Waals surface area contributed by atoms with Gasteiger partial charge in [0.1, 0.15) is 36.8 Å². The third-order valence-corrected chi connectivity index (χ3v) is 7.33. The van der Waals surface area contributed by atoms with Crippen LogP contribution in [0.1, 0.15) is 29.8 Å². The summed E-state index contributed by atoms with van der Waals surface area (Å²) in [6, 6.07) is 21.6. The predicted molar refractivity (Wildman–Crippen MR) is 165 cm³/mol. The van der Waals surface area contributed by atoms with E-state index in [1.165, 1.54) is 31.4 Å². The van der Waals surface area contributed by atoms with Crippen molar-refractivity contribution in [2.45, 2.75) is 20.5 Å². The fourth-order valence-corrected chi connectivity index (χ4v) is 5.14. The van der Waals surface area contributed by atoms with Crippen LogP contribution in [0.4, 0.5) is 16.2 Å². The van der Waals surface area contributed by atoms with Crippen molar-refractivity contribution >= 4 is 34.4 Å². The predicted octanol–water partition coefficient (Wildman–Crippen LogP) is 3.38. The Hall–Kier alpha value is -5.42. The molecular formula is C33H30ClN3O8. The van der Waals surface area contributed by atoms with Crippen LogP contribution >= 0.6 is 0 Å². The van der Waals surface area contributed by atoms with Crippen molar-refractivity contribution in [2.75, 3.05) is 25.5 Å². The lowest BCUT2D eigenvalue weighted by atomic mass is 9.90. The van der Waals surface area contributed by atoms with Gasteiger partial charge in [-0.1, -0.05) is 18.2 Å². The molecule has 11 nitrogen and oxygen atoms in total. The van der Waals surface area contributed by atoms with Crippen LogP contribution in [0.15, 0.2) is 83.3 Å². The molecule has 0 saturated carbocycles. The first kappa shape index (κ1) is 32.5. The number of halogens is 1. The van der Waals surface area contributed by atoms with Gasteiger partial charge in [0.15, 0.2) is 0 Å². The van der Waals surface area contributed by atoms with Gasteiger partial charge in [-0.2, -0.15) is 0 Å². The average molecular weight is 632 g/mol. The zero-order chi connectivity index (χ0) is 31.4. The molecule has 12 heteroatoms. The zero-order valence-corrected chi connectivity index (χ0v) is 25.5. The van der Waals surface area contributed by atoms with Crippen LogP contribution in [0.25, 0.3) is 33.4 Å². The first-order chi connectivity index (χ1) is 21.2. The third kappa shape index (κ3) is 6.73. The molecule has 2 N–H and O–H groups in total. The van der Waals surface area contributed by atoms with E-state index in [2.05, 4.69) is 23.7 Å². The lowest BCUT2D eigenvalue weighted by molar-refractivity contribution is -0.384. The number of carboxylic acids is 1. The number of methoxy groups -OCH3 is 1. The van der Waals surface area contributed by atoms with Crippen molar-refractivity contribution in [1.29, 1.82) is 0 Å². The first-order valence-corrected chi connectivity index (χ1v) is 13.9. The highest BCUT2D eigenvalue weighted by Crippen LogP contribution is 2.44. The summed E-state index contributed by atoms with van der Waals surface area (Å²) in [4.78, 5) is 35.4. The van der Waals surface area contributed by atoms with E-state index in [1.54, 1.807) is 36.4 Å². The maximum atomic E-state index is 12.8. The first-order valence-electron chi connectivity index (χ1n) is 13.9. The number of rotatable bonds is 9. The number of ether oxygens (including phenoxy) is 2. The minimum absolute atomic E-state index is 0. The molecule has 1 aliphatic carbocycles. The molecule has 0 aromatic heterocycles. The van der Waals surface area contributed by atoms with Gasteiger partial charge in [0.05, 0.1) is 29.4 Å². The standard InChI is InChI=1S/C33H29N3O8.ClH/c1-4-35(5-2)22-14-15-25-28(16-22)44-29-18-27(34-33(39)43-19-20-10-12-21(13-11-20)36(40)41)30(42-3)17-26(29)31(25)23-8-6-7-9-24(23)32(37)38;/h6-18H,4-5,19H2,1-3H3,(H,37,38);1H. The second kappa shape index (κ2) is 13.9. The number of benzene rings is 4. The van der Waals surface area contributed by atoms with Crippen molar-refractivity contribution in [2.24, 2.45) is 0 Å². The van der Waals surface area contributed by atoms with E-state index in [4.69, 9.17) is 13.9 Å². The van der Waals surface area contributed by atoms with E-state index in [0.717, 1.165) is 18.4 Å². The highest BCUT2D eigenvalue weighted by molar-refractivity contribution is 6.08. The summed E-state index contributed by atoms with van der Waals surface area (Å²) in [5.74, 6) is -0.231. The normalized spacial score (nSPS) is 10.6. The third-order valence-electron chi connectivity index (χ3n) is 7.33. The monoisotopic (exact) mass is 631 g/mol. The zero-order valence-electron chi connectivity index (χ0n) is 24.7. The highest BCUT2D eigenvalue weighted by atomic mass is 35.5. The van der Waals surface area contributed by atoms with Gasteiger partial charge in [-0.05, 0) is 55.3 Å². The highest BCUT2D eigenvalue weighted by Gasteiger charge is 2.24.